The summed E-state index contributed by atoms with van der Waals surface area (Å²) in [5.74, 6) is -0.554. The molecule has 1 heterocycles. The first-order chi connectivity index (χ1) is 14.5. The quantitative estimate of drug-likeness (QED) is 0.562. The van der Waals surface area contributed by atoms with Gasteiger partial charge in [-0.15, -0.1) is 0 Å². The number of carbonyl (C=O) groups is 2. The summed E-state index contributed by atoms with van der Waals surface area (Å²) in [5, 5.41) is 5.42. The van der Waals surface area contributed by atoms with Crippen LogP contribution in [0.2, 0.25) is 0 Å². The van der Waals surface area contributed by atoms with Crippen LogP contribution in [0.25, 0.3) is 11.3 Å². The van der Waals surface area contributed by atoms with Crippen LogP contribution in [-0.2, 0) is 13.0 Å². The zero-order valence-corrected chi connectivity index (χ0v) is 17.1. The lowest BCUT2D eigenvalue weighted by Gasteiger charge is -2.09. The van der Waals surface area contributed by atoms with Gasteiger partial charge in [0.2, 0.25) is 0 Å². The van der Waals surface area contributed by atoms with Crippen LogP contribution in [0.3, 0.4) is 0 Å². The Balaban J connectivity index is 1.73. The second-order valence-corrected chi connectivity index (χ2v) is 6.90. The second-order valence-electron chi connectivity index (χ2n) is 6.90. The van der Waals surface area contributed by atoms with Crippen LogP contribution in [0, 0.1) is 0 Å². The Labute approximate surface area is 175 Å². The molecule has 154 valence electrons. The molecule has 0 spiro atoms. The minimum Gasteiger partial charge on any atom is -0.382 e. The van der Waals surface area contributed by atoms with Gasteiger partial charge in [0.25, 0.3) is 11.8 Å². The average Bonchev–Trinajstić information content (AvgIpc) is 2.78. The number of nitrogens with zero attached hydrogens (tertiary/aromatic N) is 2. The fourth-order valence-corrected chi connectivity index (χ4v) is 3.04. The van der Waals surface area contributed by atoms with Crippen LogP contribution in [0.4, 0.5) is 5.82 Å². The van der Waals surface area contributed by atoms with Gasteiger partial charge in [-0.05, 0) is 29.7 Å². The first-order valence-electron chi connectivity index (χ1n) is 9.83. The number of nitrogens with two attached hydrogens (primary N) is 1. The maximum Gasteiger partial charge on any atom is 0.273 e. The third kappa shape index (κ3) is 5.00. The molecule has 7 heteroatoms. The molecule has 3 rings (SSSR count). The van der Waals surface area contributed by atoms with Crippen LogP contribution in [-0.4, -0.2) is 28.8 Å². The van der Waals surface area contributed by atoms with Crippen LogP contribution in [0.1, 0.15) is 45.3 Å². The Kier molecular flexibility index (Phi) is 6.75. The van der Waals surface area contributed by atoms with Gasteiger partial charge in [0.15, 0.2) is 11.5 Å². The van der Waals surface area contributed by atoms with Crippen molar-refractivity contribution >= 4 is 17.6 Å². The van der Waals surface area contributed by atoms with Crippen LogP contribution in [0.5, 0.6) is 0 Å². The van der Waals surface area contributed by atoms with E-state index in [1.165, 1.54) is 18.8 Å². The number of rotatable bonds is 7. The summed E-state index contributed by atoms with van der Waals surface area (Å²) in [6.07, 6.45) is 3.64. The third-order valence-corrected chi connectivity index (χ3v) is 4.68. The average molecular weight is 403 g/mol. The Morgan fingerprint density at radius 1 is 1.03 bits per heavy atom. The van der Waals surface area contributed by atoms with Gasteiger partial charge in [0, 0.05) is 24.7 Å². The monoisotopic (exact) mass is 403 g/mol. The van der Waals surface area contributed by atoms with Crippen molar-refractivity contribution in [1.82, 2.24) is 20.6 Å². The smallest absolute Gasteiger partial charge is 0.273 e. The standard InChI is InChI=1S/C23H25N5O2/c1-3-5-15-8-10-16(11-9-15)13-27-22(29)18-7-4-6-17(12-18)19-14-26-21(24)20(28-19)23(30)25-2/h4,6-12,14H,3,5,13H2,1-2H3,(H2,24,26)(H,25,30)(H,27,29). The van der Waals surface area contributed by atoms with Gasteiger partial charge in [-0.1, -0.05) is 49.7 Å². The van der Waals surface area contributed by atoms with Crippen molar-refractivity contribution in [3.63, 3.8) is 0 Å². The molecule has 2 amide bonds. The highest BCUT2D eigenvalue weighted by Crippen LogP contribution is 2.20. The first-order valence-corrected chi connectivity index (χ1v) is 9.83. The molecule has 0 radical (unpaired) electrons. The SMILES string of the molecule is CCCc1ccc(CNC(=O)c2cccc(-c3cnc(N)c(C(=O)NC)n3)c2)cc1. The lowest BCUT2D eigenvalue weighted by atomic mass is 10.1. The summed E-state index contributed by atoms with van der Waals surface area (Å²) in [4.78, 5) is 32.9. The van der Waals surface area contributed by atoms with Gasteiger partial charge in [0.1, 0.15) is 0 Å². The number of anilines is 1. The predicted octanol–water partition coefficient (Wildman–Crippen LogP) is 2.97. The molecule has 4 N–H and O–H groups in total. The first kappa shape index (κ1) is 21.0. The molecular formula is C23H25N5O2. The minimum absolute atomic E-state index is 0.0522. The number of nitrogens with one attached hydrogen (secondary N) is 2. The summed E-state index contributed by atoms with van der Waals surface area (Å²) in [6, 6.07) is 15.3. The lowest BCUT2D eigenvalue weighted by Crippen LogP contribution is -2.23. The molecular weight excluding hydrogens is 378 g/mol. The van der Waals surface area contributed by atoms with Gasteiger partial charge < -0.3 is 16.4 Å². The van der Waals surface area contributed by atoms with Crippen LogP contribution < -0.4 is 16.4 Å². The zero-order chi connectivity index (χ0) is 21.5. The van der Waals surface area contributed by atoms with Crippen molar-refractivity contribution in [3.8, 4) is 11.3 Å². The van der Waals surface area contributed by atoms with E-state index in [-0.39, 0.29) is 17.4 Å². The van der Waals surface area contributed by atoms with E-state index in [0.29, 0.717) is 23.4 Å². The number of carbonyl (C=O) groups excluding carboxylic acids is 2. The van der Waals surface area contributed by atoms with Gasteiger partial charge in [0.05, 0.1) is 11.9 Å². The number of benzene rings is 2. The van der Waals surface area contributed by atoms with Gasteiger partial charge in [-0.3, -0.25) is 9.59 Å². The Hall–Kier alpha value is -3.74. The molecule has 0 aliphatic heterocycles. The van der Waals surface area contributed by atoms with E-state index >= 15 is 0 Å². The van der Waals surface area contributed by atoms with E-state index in [2.05, 4.69) is 39.7 Å². The molecule has 7 nitrogen and oxygen atoms in total. The van der Waals surface area contributed by atoms with Crippen molar-refractivity contribution in [1.29, 1.82) is 0 Å². The molecule has 2 aromatic carbocycles. The molecule has 0 bridgehead atoms. The largest absolute Gasteiger partial charge is 0.382 e. The maximum atomic E-state index is 12.6. The van der Waals surface area contributed by atoms with Crippen molar-refractivity contribution in [2.45, 2.75) is 26.3 Å². The van der Waals surface area contributed by atoms with E-state index in [4.69, 9.17) is 5.73 Å². The van der Waals surface area contributed by atoms with E-state index in [9.17, 15) is 9.59 Å². The van der Waals surface area contributed by atoms with E-state index in [1.54, 1.807) is 24.3 Å². The van der Waals surface area contributed by atoms with Crippen LogP contribution in [0.15, 0.2) is 54.7 Å². The van der Waals surface area contributed by atoms with Crippen LogP contribution >= 0.6 is 0 Å². The topological polar surface area (TPSA) is 110 Å². The van der Waals surface area contributed by atoms with Gasteiger partial charge >= 0.3 is 0 Å². The Morgan fingerprint density at radius 2 is 1.77 bits per heavy atom. The van der Waals surface area contributed by atoms with E-state index in [0.717, 1.165) is 18.4 Å². The Morgan fingerprint density at radius 3 is 2.47 bits per heavy atom. The molecule has 1 aromatic heterocycles. The fraction of sp³-hybridized carbons (Fsp3) is 0.217. The predicted molar refractivity (Wildman–Crippen MR) is 117 cm³/mol. The molecule has 3 aromatic rings. The number of hydrogen-bond acceptors (Lipinski definition) is 5. The fourth-order valence-electron chi connectivity index (χ4n) is 3.04. The molecule has 0 aliphatic carbocycles. The van der Waals surface area contributed by atoms with Crippen molar-refractivity contribution in [2.24, 2.45) is 0 Å². The number of aryl methyl sites for hydroxylation is 1. The van der Waals surface area contributed by atoms with E-state index in [1.807, 2.05) is 12.1 Å². The molecule has 30 heavy (non-hydrogen) atoms. The van der Waals surface area contributed by atoms with Crippen molar-refractivity contribution < 1.29 is 9.59 Å². The Bertz CT molecular complexity index is 1050. The van der Waals surface area contributed by atoms with Gasteiger partial charge in [-0.2, -0.15) is 0 Å². The number of aromatic nitrogens is 2. The number of nitrogen functional groups attached to an aromatic ring is 1. The third-order valence-electron chi connectivity index (χ3n) is 4.68. The van der Waals surface area contributed by atoms with Crippen molar-refractivity contribution in [2.75, 3.05) is 12.8 Å². The second kappa shape index (κ2) is 9.65. The highest BCUT2D eigenvalue weighted by Gasteiger charge is 2.14. The summed E-state index contributed by atoms with van der Waals surface area (Å²) in [6.45, 7) is 2.59. The lowest BCUT2D eigenvalue weighted by molar-refractivity contribution is 0.0945. The summed E-state index contributed by atoms with van der Waals surface area (Å²) in [5.41, 5.74) is 9.76. The molecule has 0 atom stereocenters. The summed E-state index contributed by atoms with van der Waals surface area (Å²) >= 11 is 0. The highest BCUT2D eigenvalue weighted by atomic mass is 16.2. The summed E-state index contributed by atoms with van der Waals surface area (Å²) in [7, 11) is 1.50. The summed E-state index contributed by atoms with van der Waals surface area (Å²) < 4.78 is 0. The molecule has 0 aliphatic rings. The molecule has 0 fully saturated rings. The molecule has 0 saturated carbocycles. The molecule has 0 saturated heterocycles. The number of hydrogen-bond donors (Lipinski definition) is 3. The molecule has 0 unspecified atom stereocenters. The normalized spacial score (nSPS) is 10.5. The number of amides is 2. The van der Waals surface area contributed by atoms with Crippen molar-refractivity contribution in [3.05, 3.63) is 77.1 Å². The maximum absolute atomic E-state index is 12.6. The zero-order valence-electron chi connectivity index (χ0n) is 17.1. The minimum atomic E-state index is -0.416. The van der Waals surface area contributed by atoms with Gasteiger partial charge in [-0.25, -0.2) is 9.97 Å². The highest BCUT2D eigenvalue weighted by molar-refractivity contribution is 5.97. The van der Waals surface area contributed by atoms with E-state index < -0.39 is 5.91 Å².